The van der Waals surface area contributed by atoms with Crippen molar-refractivity contribution >= 4 is 27.3 Å². The maximum absolute atomic E-state index is 11.9. The second-order valence-corrected chi connectivity index (χ2v) is 5.62. The fraction of sp³-hybridized carbons (Fsp3) is 0.200. The highest BCUT2D eigenvalue weighted by Gasteiger charge is 2.17. The van der Waals surface area contributed by atoms with Gasteiger partial charge in [0, 0.05) is 16.8 Å². The van der Waals surface area contributed by atoms with E-state index in [1.54, 1.807) is 18.3 Å². The van der Waals surface area contributed by atoms with E-state index in [0.717, 1.165) is 15.6 Å². The summed E-state index contributed by atoms with van der Waals surface area (Å²) in [5.74, 6) is 0.162. The highest BCUT2D eigenvalue weighted by Crippen LogP contribution is 2.29. The second kappa shape index (κ2) is 5.67. The van der Waals surface area contributed by atoms with Crippen LogP contribution in [-0.2, 0) is 0 Å². The number of aliphatic hydroxyl groups excluding tert-OH is 1. The van der Waals surface area contributed by atoms with Gasteiger partial charge in [0.25, 0.3) is 5.91 Å². The standard InChI is InChI=1S/C15H14N2O3S/c1-9-11(6-17-20-9)15(19)16-7-13(18)12-8-21-14-5-3-2-4-10(12)14/h2-6,8,13,18H,7H2,1H3,(H,16,19). The van der Waals surface area contributed by atoms with Crippen molar-refractivity contribution in [3.05, 3.63) is 52.7 Å². The zero-order chi connectivity index (χ0) is 14.8. The number of aliphatic hydroxyl groups is 1. The first kappa shape index (κ1) is 13.8. The number of carbonyl (C=O) groups is 1. The summed E-state index contributed by atoms with van der Waals surface area (Å²) >= 11 is 1.58. The summed E-state index contributed by atoms with van der Waals surface area (Å²) in [6, 6.07) is 7.88. The van der Waals surface area contributed by atoms with Gasteiger partial charge in [0.1, 0.15) is 11.3 Å². The monoisotopic (exact) mass is 302 g/mol. The molecule has 1 atom stereocenters. The van der Waals surface area contributed by atoms with E-state index in [9.17, 15) is 9.90 Å². The summed E-state index contributed by atoms with van der Waals surface area (Å²) in [4.78, 5) is 11.9. The van der Waals surface area contributed by atoms with Crippen LogP contribution in [0.15, 0.2) is 40.4 Å². The molecule has 3 aromatic rings. The van der Waals surface area contributed by atoms with Crippen LogP contribution >= 0.6 is 11.3 Å². The third-order valence-electron chi connectivity index (χ3n) is 3.32. The van der Waals surface area contributed by atoms with Crippen LogP contribution in [0.5, 0.6) is 0 Å². The summed E-state index contributed by atoms with van der Waals surface area (Å²) in [5.41, 5.74) is 1.22. The Kier molecular flexibility index (Phi) is 3.72. The Balaban J connectivity index is 1.71. The number of rotatable bonds is 4. The Morgan fingerprint density at radius 1 is 1.48 bits per heavy atom. The quantitative estimate of drug-likeness (QED) is 0.777. The largest absolute Gasteiger partial charge is 0.387 e. The molecule has 0 aliphatic rings. The Morgan fingerprint density at radius 2 is 2.29 bits per heavy atom. The number of nitrogens with zero attached hydrogens (tertiary/aromatic N) is 1. The zero-order valence-electron chi connectivity index (χ0n) is 11.4. The molecule has 21 heavy (non-hydrogen) atoms. The van der Waals surface area contributed by atoms with Crippen LogP contribution in [0.4, 0.5) is 0 Å². The number of thiophene rings is 1. The van der Waals surface area contributed by atoms with Gasteiger partial charge < -0.3 is 14.9 Å². The Hall–Kier alpha value is -2.18. The summed E-state index contributed by atoms with van der Waals surface area (Å²) in [7, 11) is 0. The van der Waals surface area contributed by atoms with Gasteiger partial charge in [-0.05, 0) is 23.8 Å². The number of nitrogens with one attached hydrogen (secondary N) is 1. The molecule has 0 radical (unpaired) electrons. The SMILES string of the molecule is Cc1oncc1C(=O)NCC(O)c1csc2ccccc12. The lowest BCUT2D eigenvalue weighted by atomic mass is 10.1. The number of aryl methyl sites for hydroxylation is 1. The van der Waals surface area contributed by atoms with Crippen LogP contribution in [0.3, 0.4) is 0 Å². The molecule has 2 heterocycles. The topological polar surface area (TPSA) is 75.4 Å². The van der Waals surface area contributed by atoms with Crippen molar-refractivity contribution in [2.75, 3.05) is 6.54 Å². The number of hydrogen-bond acceptors (Lipinski definition) is 5. The van der Waals surface area contributed by atoms with Crippen molar-refractivity contribution in [3.63, 3.8) is 0 Å². The summed E-state index contributed by atoms with van der Waals surface area (Å²) in [5, 5.41) is 19.5. The fourth-order valence-corrected chi connectivity index (χ4v) is 3.18. The van der Waals surface area contributed by atoms with Crippen molar-refractivity contribution in [3.8, 4) is 0 Å². The van der Waals surface area contributed by atoms with Crippen LogP contribution in [0.1, 0.15) is 27.8 Å². The summed E-state index contributed by atoms with van der Waals surface area (Å²) in [6.45, 7) is 1.81. The van der Waals surface area contributed by atoms with E-state index in [1.165, 1.54) is 6.20 Å². The average Bonchev–Trinajstić information content (AvgIpc) is 3.10. The van der Waals surface area contributed by atoms with Gasteiger partial charge in [-0.2, -0.15) is 0 Å². The highest BCUT2D eigenvalue weighted by molar-refractivity contribution is 7.17. The van der Waals surface area contributed by atoms with Gasteiger partial charge in [0.15, 0.2) is 0 Å². The number of amides is 1. The van der Waals surface area contributed by atoms with Crippen LogP contribution in [0, 0.1) is 6.92 Å². The summed E-state index contributed by atoms with van der Waals surface area (Å²) in [6.07, 6.45) is 0.627. The number of aromatic nitrogens is 1. The van der Waals surface area contributed by atoms with E-state index < -0.39 is 6.10 Å². The van der Waals surface area contributed by atoms with E-state index in [-0.39, 0.29) is 12.5 Å². The van der Waals surface area contributed by atoms with Gasteiger partial charge in [-0.15, -0.1) is 11.3 Å². The van der Waals surface area contributed by atoms with Crippen LogP contribution < -0.4 is 5.32 Å². The van der Waals surface area contributed by atoms with Gasteiger partial charge in [-0.25, -0.2) is 0 Å². The minimum absolute atomic E-state index is 0.143. The molecule has 108 valence electrons. The van der Waals surface area contributed by atoms with Crippen LogP contribution in [0.2, 0.25) is 0 Å². The van der Waals surface area contributed by atoms with E-state index in [0.29, 0.717) is 11.3 Å². The Bertz CT molecular complexity index is 778. The first-order valence-electron chi connectivity index (χ1n) is 6.50. The average molecular weight is 302 g/mol. The van der Waals surface area contributed by atoms with E-state index in [2.05, 4.69) is 10.5 Å². The van der Waals surface area contributed by atoms with Crippen molar-refractivity contribution < 1.29 is 14.4 Å². The highest BCUT2D eigenvalue weighted by atomic mass is 32.1. The predicted molar refractivity (Wildman–Crippen MR) is 80.4 cm³/mol. The molecule has 2 N–H and O–H groups in total. The van der Waals surface area contributed by atoms with Gasteiger partial charge in [-0.1, -0.05) is 23.4 Å². The maximum Gasteiger partial charge on any atom is 0.256 e. The minimum Gasteiger partial charge on any atom is -0.387 e. The molecule has 0 saturated heterocycles. The number of benzene rings is 1. The molecule has 1 amide bonds. The first-order valence-corrected chi connectivity index (χ1v) is 7.38. The Morgan fingerprint density at radius 3 is 3.05 bits per heavy atom. The van der Waals surface area contributed by atoms with Crippen LogP contribution in [-0.4, -0.2) is 22.7 Å². The lowest BCUT2D eigenvalue weighted by molar-refractivity contribution is 0.0915. The first-order chi connectivity index (χ1) is 10.2. The molecule has 5 nitrogen and oxygen atoms in total. The molecule has 0 saturated carbocycles. The van der Waals surface area contributed by atoms with Crippen molar-refractivity contribution in [2.45, 2.75) is 13.0 Å². The van der Waals surface area contributed by atoms with E-state index in [4.69, 9.17) is 4.52 Å². The van der Waals surface area contributed by atoms with Gasteiger partial charge >= 0.3 is 0 Å². The second-order valence-electron chi connectivity index (χ2n) is 4.71. The minimum atomic E-state index is -0.745. The number of fused-ring (bicyclic) bond motifs is 1. The van der Waals surface area contributed by atoms with Crippen molar-refractivity contribution in [2.24, 2.45) is 0 Å². The predicted octanol–water partition coefficient (Wildman–Crippen LogP) is 2.66. The molecule has 0 aliphatic carbocycles. The molecular weight excluding hydrogens is 288 g/mol. The van der Waals surface area contributed by atoms with Gasteiger partial charge in [0.2, 0.25) is 0 Å². The number of hydrogen-bond donors (Lipinski definition) is 2. The molecule has 2 aromatic heterocycles. The van der Waals surface area contributed by atoms with Crippen LogP contribution in [0.25, 0.3) is 10.1 Å². The third-order valence-corrected chi connectivity index (χ3v) is 4.30. The molecule has 1 unspecified atom stereocenters. The summed E-state index contributed by atoms with van der Waals surface area (Å²) < 4.78 is 5.97. The van der Waals surface area contributed by atoms with E-state index >= 15 is 0 Å². The molecule has 1 aromatic carbocycles. The van der Waals surface area contributed by atoms with Crippen molar-refractivity contribution in [1.29, 1.82) is 0 Å². The zero-order valence-corrected chi connectivity index (χ0v) is 12.2. The molecule has 0 fully saturated rings. The fourth-order valence-electron chi connectivity index (χ4n) is 2.17. The maximum atomic E-state index is 11.9. The van der Waals surface area contributed by atoms with Crippen molar-refractivity contribution in [1.82, 2.24) is 10.5 Å². The van der Waals surface area contributed by atoms with E-state index in [1.807, 2.05) is 29.6 Å². The molecule has 6 heteroatoms. The lowest BCUT2D eigenvalue weighted by Gasteiger charge is -2.11. The molecular formula is C15H14N2O3S. The third kappa shape index (κ3) is 2.68. The molecule has 0 aliphatic heterocycles. The molecule has 0 spiro atoms. The molecule has 3 rings (SSSR count). The smallest absolute Gasteiger partial charge is 0.256 e. The Labute approximate surface area is 125 Å². The van der Waals surface area contributed by atoms with Gasteiger partial charge in [-0.3, -0.25) is 4.79 Å². The number of carbonyl (C=O) groups excluding carboxylic acids is 1. The molecule has 0 bridgehead atoms. The lowest BCUT2D eigenvalue weighted by Crippen LogP contribution is -2.28. The van der Waals surface area contributed by atoms with Gasteiger partial charge in [0.05, 0.1) is 12.3 Å². The normalized spacial score (nSPS) is 12.5.